The molecule has 1 aliphatic heterocycles. The molecule has 1 saturated heterocycles. The van der Waals surface area contributed by atoms with E-state index >= 15 is 0 Å². The Hall–Kier alpha value is -1.60. The van der Waals surface area contributed by atoms with Crippen molar-refractivity contribution in [3.8, 4) is 5.75 Å². The van der Waals surface area contributed by atoms with Gasteiger partial charge in [-0.3, -0.25) is 0 Å². The Morgan fingerprint density at radius 3 is 3.05 bits per heavy atom. The first kappa shape index (κ1) is 15.3. The fourth-order valence-electron chi connectivity index (χ4n) is 2.32. The Morgan fingerprint density at radius 2 is 2.23 bits per heavy atom. The largest absolute Gasteiger partial charge is 0.494 e. The third kappa shape index (κ3) is 4.45. The van der Waals surface area contributed by atoms with E-state index in [4.69, 9.17) is 9.47 Å². The minimum Gasteiger partial charge on any atom is -0.494 e. The molecule has 0 N–H and O–H groups in total. The second kappa shape index (κ2) is 8.14. The summed E-state index contributed by atoms with van der Waals surface area (Å²) in [6.45, 7) is 2.30. The van der Waals surface area contributed by atoms with Crippen molar-refractivity contribution >= 4 is 11.8 Å². The van der Waals surface area contributed by atoms with Crippen molar-refractivity contribution in [2.75, 3.05) is 19.0 Å². The lowest BCUT2D eigenvalue weighted by atomic mass is 10.2. The van der Waals surface area contributed by atoms with Crippen LogP contribution in [0.1, 0.15) is 19.3 Å². The summed E-state index contributed by atoms with van der Waals surface area (Å²) in [5, 5.41) is 12.8. The average molecular weight is 320 g/mol. The van der Waals surface area contributed by atoms with Gasteiger partial charge < -0.3 is 9.47 Å². The molecule has 0 aliphatic carbocycles. The molecule has 3 rings (SSSR count). The Bertz CT molecular complexity index is 558. The Labute approximate surface area is 134 Å². The van der Waals surface area contributed by atoms with Gasteiger partial charge in [-0.05, 0) is 41.8 Å². The van der Waals surface area contributed by atoms with Gasteiger partial charge in [-0.15, -0.1) is 5.10 Å². The summed E-state index contributed by atoms with van der Waals surface area (Å²) in [6, 6.07) is 9.87. The van der Waals surface area contributed by atoms with Crippen molar-refractivity contribution in [3.63, 3.8) is 0 Å². The summed E-state index contributed by atoms with van der Waals surface area (Å²) < 4.78 is 13.1. The summed E-state index contributed by atoms with van der Waals surface area (Å²) in [4.78, 5) is 0. The maximum absolute atomic E-state index is 5.67. The molecule has 1 fully saturated rings. The first-order chi connectivity index (χ1) is 10.9. The van der Waals surface area contributed by atoms with E-state index in [9.17, 15) is 0 Å². The van der Waals surface area contributed by atoms with E-state index in [2.05, 4.69) is 15.5 Å². The van der Waals surface area contributed by atoms with Crippen LogP contribution in [0.4, 0.5) is 0 Å². The lowest BCUT2D eigenvalue weighted by Crippen LogP contribution is -2.17. The minimum atomic E-state index is 0.254. The summed E-state index contributed by atoms with van der Waals surface area (Å²) in [5.74, 6) is 1.84. The molecule has 0 radical (unpaired) electrons. The highest BCUT2D eigenvalue weighted by Gasteiger charge is 2.18. The molecule has 2 heterocycles. The third-order valence-electron chi connectivity index (χ3n) is 3.43. The number of nitrogens with zero attached hydrogens (tertiary/aromatic N) is 4. The Morgan fingerprint density at radius 1 is 1.32 bits per heavy atom. The fourth-order valence-corrected chi connectivity index (χ4v) is 3.12. The zero-order valence-corrected chi connectivity index (χ0v) is 13.2. The maximum Gasteiger partial charge on any atom is 0.209 e. The number of thioether (sulfide) groups is 1. The van der Waals surface area contributed by atoms with Crippen LogP contribution in [0.25, 0.3) is 0 Å². The summed E-state index contributed by atoms with van der Waals surface area (Å²) in [7, 11) is 0. The lowest BCUT2D eigenvalue weighted by Gasteiger charge is -2.10. The van der Waals surface area contributed by atoms with Crippen LogP contribution in [-0.4, -0.2) is 45.3 Å². The number of ether oxygens (including phenoxy) is 2. The van der Waals surface area contributed by atoms with Gasteiger partial charge in [0.1, 0.15) is 5.75 Å². The Balaban J connectivity index is 1.37. The van der Waals surface area contributed by atoms with E-state index in [1.807, 2.05) is 35.0 Å². The van der Waals surface area contributed by atoms with Crippen LogP contribution < -0.4 is 4.74 Å². The quantitative estimate of drug-likeness (QED) is 0.550. The van der Waals surface area contributed by atoms with Crippen molar-refractivity contribution in [2.24, 2.45) is 0 Å². The number of hydrogen-bond acceptors (Lipinski definition) is 6. The van der Waals surface area contributed by atoms with Crippen LogP contribution in [0.15, 0.2) is 35.5 Å². The zero-order chi connectivity index (χ0) is 15.0. The highest BCUT2D eigenvalue weighted by Crippen LogP contribution is 2.19. The molecule has 7 heteroatoms. The third-order valence-corrected chi connectivity index (χ3v) is 4.47. The molecule has 1 aromatic heterocycles. The topological polar surface area (TPSA) is 62.1 Å². The highest BCUT2D eigenvalue weighted by molar-refractivity contribution is 7.99. The van der Waals surface area contributed by atoms with Crippen LogP contribution in [-0.2, 0) is 11.3 Å². The molecular formula is C15H20N4O2S. The lowest BCUT2D eigenvalue weighted by molar-refractivity contribution is 0.0912. The number of aromatic nitrogens is 4. The standard InChI is InChI=1S/C15H20N4O2S/c1-2-6-13(7-3-1)20-10-5-11-22-15-16-17-18-19(15)12-14-8-4-9-21-14/h1-3,6-7,14H,4-5,8-12H2/t14-/m0/s1. The van der Waals surface area contributed by atoms with Crippen LogP contribution in [0.5, 0.6) is 5.75 Å². The molecule has 0 saturated carbocycles. The van der Waals surface area contributed by atoms with Gasteiger partial charge in [-0.1, -0.05) is 30.0 Å². The van der Waals surface area contributed by atoms with Gasteiger partial charge in [0, 0.05) is 12.4 Å². The summed E-state index contributed by atoms with van der Waals surface area (Å²) >= 11 is 1.66. The predicted molar refractivity (Wildman–Crippen MR) is 84.1 cm³/mol. The summed E-state index contributed by atoms with van der Waals surface area (Å²) in [5.41, 5.74) is 0. The molecular weight excluding hydrogens is 300 g/mol. The van der Waals surface area contributed by atoms with Gasteiger partial charge in [-0.25, -0.2) is 4.68 Å². The first-order valence-corrected chi connectivity index (χ1v) is 8.59. The van der Waals surface area contributed by atoms with Crippen LogP contribution in [0, 0.1) is 0 Å². The first-order valence-electron chi connectivity index (χ1n) is 7.60. The van der Waals surface area contributed by atoms with Gasteiger partial charge in [0.2, 0.25) is 5.16 Å². The normalized spacial score (nSPS) is 17.7. The van der Waals surface area contributed by atoms with E-state index in [1.165, 1.54) is 0 Å². The predicted octanol–water partition coefficient (Wildman–Crippen LogP) is 2.41. The van der Waals surface area contributed by atoms with Gasteiger partial charge in [0.25, 0.3) is 0 Å². The van der Waals surface area contributed by atoms with Crippen molar-refractivity contribution in [1.29, 1.82) is 0 Å². The Kier molecular flexibility index (Phi) is 5.66. The second-order valence-electron chi connectivity index (χ2n) is 5.14. The molecule has 0 amide bonds. The fraction of sp³-hybridized carbons (Fsp3) is 0.533. The maximum atomic E-state index is 5.67. The van der Waals surface area contributed by atoms with Crippen LogP contribution >= 0.6 is 11.8 Å². The van der Waals surface area contributed by atoms with Crippen LogP contribution in [0.3, 0.4) is 0 Å². The van der Waals surface area contributed by atoms with Crippen molar-refractivity contribution in [3.05, 3.63) is 30.3 Å². The molecule has 1 aliphatic rings. The zero-order valence-electron chi connectivity index (χ0n) is 12.4. The number of benzene rings is 1. The van der Waals surface area contributed by atoms with E-state index in [0.29, 0.717) is 6.61 Å². The van der Waals surface area contributed by atoms with Gasteiger partial charge >= 0.3 is 0 Å². The summed E-state index contributed by atoms with van der Waals surface area (Å²) in [6.07, 6.45) is 3.43. The number of rotatable bonds is 8. The van der Waals surface area contributed by atoms with E-state index in [1.54, 1.807) is 11.8 Å². The van der Waals surface area contributed by atoms with Gasteiger partial charge in [0.05, 0.1) is 19.3 Å². The molecule has 6 nitrogen and oxygen atoms in total. The molecule has 0 spiro atoms. The SMILES string of the molecule is c1ccc(OCCCSc2nnnn2C[C@@H]2CCCO2)cc1. The van der Waals surface area contributed by atoms with E-state index in [0.717, 1.165) is 49.1 Å². The monoisotopic (exact) mass is 320 g/mol. The second-order valence-corrected chi connectivity index (χ2v) is 6.20. The molecule has 0 bridgehead atoms. The number of hydrogen-bond donors (Lipinski definition) is 0. The van der Waals surface area contributed by atoms with Crippen molar-refractivity contribution in [1.82, 2.24) is 20.2 Å². The molecule has 0 unspecified atom stereocenters. The molecule has 22 heavy (non-hydrogen) atoms. The average Bonchev–Trinajstić information content (AvgIpc) is 3.21. The molecule has 2 aromatic rings. The van der Waals surface area contributed by atoms with Gasteiger partial charge in [0.15, 0.2) is 0 Å². The highest BCUT2D eigenvalue weighted by atomic mass is 32.2. The van der Waals surface area contributed by atoms with Crippen LogP contribution in [0.2, 0.25) is 0 Å². The van der Waals surface area contributed by atoms with E-state index in [-0.39, 0.29) is 6.10 Å². The van der Waals surface area contributed by atoms with Crippen molar-refractivity contribution < 1.29 is 9.47 Å². The van der Waals surface area contributed by atoms with E-state index < -0.39 is 0 Å². The number of para-hydroxylation sites is 1. The molecule has 1 atom stereocenters. The van der Waals surface area contributed by atoms with Crippen molar-refractivity contribution in [2.45, 2.75) is 37.1 Å². The molecule has 1 aromatic carbocycles. The molecule has 118 valence electrons. The number of tetrazole rings is 1. The smallest absolute Gasteiger partial charge is 0.209 e. The van der Waals surface area contributed by atoms with Gasteiger partial charge in [-0.2, -0.15) is 0 Å². The minimum absolute atomic E-state index is 0.254.